The van der Waals surface area contributed by atoms with Crippen LogP contribution in [0, 0.1) is 5.82 Å². The number of aryl methyl sites for hydroxylation is 1. The number of likely N-dealkylation sites (tertiary alicyclic amines) is 1. The molecule has 0 saturated carbocycles. The minimum absolute atomic E-state index is 0.109. The summed E-state index contributed by atoms with van der Waals surface area (Å²) in [7, 11) is 0. The minimum Gasteiger partial charge on any atom is -0.356 e. The molecule has 150 valence electrons. The quantitative estimate of drug-likeness (QED) is 0.719. The van der Waals surface area contributed by atoms with E-state index in [4.69, 9.17) is 4.52 Å². The normalized spacial score (nSPS) is 18.0. The van der Waals surface area contributed by atoms with Gasteiger partial charge in [-0.05, 0) is 68.1 Å². The second-order valence-corrected chi connectivity index (χ2v) is 8.11. The molecule has 0 aliphatic carbocycles. The first-order chi connectivity index (χ1) is 14.2. The van der Waals surface area contributed by atoms with Gasteiger partial charge in [-0.3, -0.25) is 4.79 Å². The van der Waals surface area contributed by atoms with Crippen molar-refractivity contribution in [3.63, 3.8) is 0 Å². The summed E-state index contributed by atoms with van der Waals surface area (Å²) in [6.07, 6.45) is 4.49. The van der Waals surface area contributed by atoms with Gasteiger partial charge in [0.2, 0.25) is 5.91 Å². The van der Waals surface area contributed by atoms with Crippen LogP contribution in [0.5, 0.6) is 0 Å². The Kier molecular flexibility index (Phi) is 4.79. The standard InChI is InChI=1S/C23H24FN3O2/c24-18-3-4-19-21(14-18)29-26-23(19)16-8-11-27(12-9-16)10-7-15-1-5-20-17(13-15)2-6-22(28)25-20/h1,3-5,13-14,16H,2,6-12H2,(H,25,28). The molecule has 1 N–H and O–H groups in total. The Morgan fingerprint density at radius 2 is 2.00 bits per heavy atom. The van der Waals surface area contributed by atoms with E-state index in [2.05, 4.69) is 27.5 Å². The van der Waals surface area contributed by atoms with E-state index in [1.165, 1.54) is 23.3 Å². The maximum Gasteiger partial charge on any atom is 0.224 e. The molecule has 0 unspecified atom stereocenters. The molecule has 0 atom stereocenters. The highest BCUT2D eigenvalue weighted by atomic mass is 19.1. The van der Waals surface area contributed by atoms with Crippen LogP contribution in [0.25, 0.3) is 11.0 Å². The summed E-state index contributed by atoms with van der Waals surface area (Å²) < 4.78 is 18.7. The largest absolute Gasteiger partial charge is 0.356 e. The number of amides is 1. The lowest BCUT2D eigenvalue weighted by Crippen LogP contribution is -2.34. The van der Waals surface area contributed by atoms with Gasteiger partial charge in [-0.25, -0.2) is 4.39 Å². The van der Waals surface area contributed by atoms with E-state index in [9.17, 15) is 9.18 Å². The lowest BCUT2D eigenvalue weighted by atomic mass is 9.91. The Hall–Kier alpha value is -2.73. The third-order valence-corrected chi connectivity index (χ3v) is 6.22. The number of aromatic nitrogens is 1. The maximum absolute atomic E-state index is 13.4. The minimum atomic E-state index is -0.292. The number of nitrogens with zero attached hydrogens (tertiary/aromatic N) is 2. The number of rotatable bonds is 4. The van der Waals surface area contributed by atoms with Gasteiger partial charge in [0.25, 0.3) is 0 Å². The smallest absolute Gasteiger partial charge is 0.224 e. The zero-order valence-electron chi connectivity index (χ0n) is 16.3. The van der Waals surface area contributed by atoms with Gasteiger partial charge in [-0.1, -0.05) is 17.3 Å². The lowest BCUT2D eigenvalue weighted by molar-refractivity contribution is -0.116. The highest BCUT2D eigenvalue weighted by molar-refractivity contribution is 5.93. The summed E-state index contributed by atoms with van der Waals surface area (Å²) in [5.74, 6) is 0.183. The van der Waals surface area contributed by atoms with Crippen LogP contribution >= 0.6 is 0 Å². The van der Waals surface area contributed by atoms with Gasteiger partial charge in [0.15, 0.2) is 5.58 Å². The van der Waals surface area contributed by atoms with Crippen molar-refractivity contribution in [2.75, 3.05) is 25.0 Å². The van der Waals surface area contributed by atoms with Crippen molar-refractivity contribution in [2.45, 2.75) is 38.0 Å². The molecule has 1 aromatic heterocycles. The van der Waals surface area contributed by atoms with Gasteiger partial charge in [0, 0.05) is 36.0 Å². The predicted octanol–water partition coefficient (Wildman–Crippen LogP) is 4.27. The molecular weight excluding hydrogens is 369 g/mol. The summed E-state index contributed by atoms with van der Waals surface area (Å²) in [5, 5.41) is 8.11. The van der Waals surface area contributed by atoms with Crippen LogP contribution in [0.15, 0.2) is 40.9 Å². The second kappa shape index (κ2) is 7.59. The summed E-state index contributed by atoms with van der Waals surface area (Å²) >= 11 is 0. The number of carbonyl (C=O) groups is 1. The molecule has 3 heterocycles. The van der Waals surface area contributed by atoms with Crippen LogP contribution in [-0.4, -0.2) is 35.6 Å². The average molecular weight is 393 g/mol. The van der Waals surface area contributed by atoms with Crippen molar-refractivity contribution in [2.24, 2.45) is 0 Å². The van der Waals surface area contributed by atoms with Crippen molar-refractivity contribution in [3.8, 4) is 0 Å². The molecule has 0 bridgehead atoms. The Morgan fingerprint density at radius 3 is 2.86 bits per heavy atom. The van der Waals surface area contributed by atoms with Gasteiger partial charge in [-0.15, -0.1) is 0 Å². The number of fused-ring (bicyclic) bond motifs is 2. The molecule has 5 rings (SSSR count). The molecular formula is C23H24FN3O2. The van der Waals surface area contributed by atoms with Crippen molar-refractivity contribution in [1.29, 1.82) is 0 Å². The Labute approximate surface area is 168 Å². The fourth-order valence-corrected chi connectivity index (χ4v) is 4.53. The molecule has 1 amide bonds. The van der Waals surface area contributed by atoms with Crippen molar-refractivity contribution in [3.05, 3.63) is 59.0 Å². The van der Waals surface area contributed by atoms with E-state index in [-0.39, 0.29) is 11.7 Å². The molecule has 0 radical (unpaired) electrons. The number of piperidine rings is 1. The maximum atomic E-state index is 13.4. The van der Waals surface area contributed by atoms with Gasteiger partial charge >= 0.3 is 0 Å². The van der Waals surface area contributed by atoms with Crippen LogP contribution in [-0.2, 0) is 17.6 Å². The monoisotopic (exact) mass is 393 g/mol. The molecule has 5 nitrogen and oxygen atoms in total. The van der Waals surface area contributed by atoms with Crippen LogP contribution in [0.3, 0.4) is 0 Å². The molecule has 2 aliphatic rings. The summed E-state index contributed by atoms with van der Waals surface area (Å²) in [5.41, 5.74) is 5.04. The number of carbonyl (C=O) groups excluding carboxylic acids is 1. The average Bonchev–Trinajstić information content (AvgIpc) is 3.15. The van der Waals surface area contributed by atoms with E-state index in [0.29, 0.717) is 17.9 Å². The van der Waals surface area contributed by atoms with Gasteiger partial charge in [0.1, 0.15) is 5.82 Å². The van der Waals surface area contributed by atoms with Crippen LogP contribution in [0.2, 0.25) is 0 Å². The van der Waals surface area contributed by atoms with E-state index in [1.807, 2.05) is 6.07 Å². The Bertz CT molecular complexity index is 1050. The highest BCUT2D eigenvalue weighted by Crippen LogP contribution is 2.33. The van der Waals surface area contributed by atoms with Crippen LogP contribution in [0.1, 0.15) is 42.0 Å². The van der Waals surface area contributed by atoms with E-state index < -0.39 is 0 Å². The topological polar surface area (TPSA) is 58.4 Å². The first kappa shape index (κ1) is 18.3. The molecule has 3 aromatic rings. The van der Waals surface area contributed by atoms with Gasteiger partial charge in [0.05, 0.1) is 5.69 Å². The number of hydrogen-bond acceptors (Lipinski definition) is 4. The van der Waals surface area contributed by atoms with Crippen molar-refractivity contribution >= 4 is 22.6 Å². The Morgan fingerprint density at radius 1 is 1.14 bits per heavy atom. The molecule has 0 spiro atoms. The van der Waals surface area contributed by atoms with E-state index in [0.717, 1.165) is 62.1 Å². The number of hydrogen-bond donors (Lipinski definition) is 1. The van der Waals surface area contributed by atoms with Gasteiger partial charge < -0.3 is 14.7 Å². The fraction of sp³-hybridized carbons (Fsp3) is 0.391. The third-order valence-electron chi connectivity index (χ3n) is 6.22. The SMILES string of the molecule is O=C1CCc2cc(CCN3CCC(c4noc5cc(F)ccc45)CC3)ccc2N1. The van der Waals surface area contributed by atoms with Crippen molar-refractivity contribution in [1.82, 2.24) is 10.1 Å². The second-order valence-electron chi connectivity index (χ2n) is 8.11. The van der Waals surface area contributed by atoms with Crippen LogP contribution < -0.4 is 5.32 Å². The number of benzene rings is 2. The zero-order chi connectivity index (χ0) is 19.8. The molecule has 2 aromatic carbocycles. The van der Waals surface area contributed by atoms with Crippen LogP contribution in [0.4, 0.5) is 10.1 Å². The lowest BCUT2D eigenvalue weighted by Gasteiger charge is -2.31. The fourth-order valence-electron chi connectivity index (χ4n) is 4.53. The summed E-state index contributed by atoms with van der Waals surface area (Å²) in [6.45, 7) is 3.09. The predicted molar refractivity (Wildman–Crippen MR) is 109 cm³/mol. The van der Waals surface area contributed by atoms with E-state index in [1.54, 1.807) is 6.07 Å². The third kappa shape index (κ3) is 3.77. The molecule has 1 saturated heterocycles. The molecule has 6 heteroatoms. The summed E-state index contributed by atoms with van der Waals surface area (Å²) in [6, 6.07) is 11.1. The van der Waals surface area contributed by atoms with Crippen molar-refractivity contribution < 1.29 is 13.7 Å². The van der Waals surface area contributed by atoms with E-state index >= 15 is 0 Å². The first-order valence-electron chi connectivity index (χ1n) is 10.3. The summed E-state index contributed by atoms with van der Waals surface area (Å²) in [4.78, 5) is 14.0. The first-order valence-corrected chi connectivity index (χ1v) is 10.3. The number of halogens is 1. The van der Waals surface area contributed by atoms with Gasteiger partial charge in [-0.2, -0.15) is 0 Å². The molecule has 2 aliphatic heterocycles. The zero-order valence-corrected chi connectivity index (χ0v) is 16.3. The molecule has 29 heavy (non-hydrogen) atoms. The molecule has 1 fully saturated rings. The number of anilines is 1. The number of nitrogens with one attached hydrogen (secondary N) is 1. The Balaban J connectivity index is 1.18. The highest BCUT2D eigenvalue weighted by Gasteiger charge is 2.25.